The topological polar surface area (TPSA) is 93.1 Å². The van der Waals surface area contributed by atoms with Gasteiger partial charge in [0, 0.05) is 59.1 Å². The maximum Gasteiger partial charge on any atom is 0.341 e. The second-order valence-corrected chi connectivity index (χ2v) is 2.84. The molecule has 0 aromatic heterocycles. The van der Waals surface area contributed by atoms with E-state index < -0.39 is 25.2 Å². The fourth-order valence-corrected chi connectivity index (χ4v) is 0.922. The Morgan fingerprint density at radius 2 is 1.11 bits per heavy atom. The van der Waals surface area contributed by atoms with E-state index in [1.165, 1.54) is 24.3 Å². The van der Waals surface area contributed by atoms with Gasteiger partial charge in [0.2, 0.25) is 0 Å². The molecular weight excluding hydrogens is 262 g/mol. The molecule has 18 heavy (non-hydrogen) atoms. The van der Waals surface area contributed by atoms with Gasteiger partial charge in [-0.05, 0) is 24.3 Å². The molecule has 0 saturated heterocycles. The van der Waals surface area contributed by atoms with E-state index in [1.807, 2.05) is 0 Å². The van der Waals surface area contributed by atoms with E-state index in [4.69, 9.17) is 19.7 Å². The summed E-state index contributed by atoms with van der Waals surface area (Å²) >= 11 is 0. The van der Waals surface area contributed by atoms with Crippen LogP contribution in [0.15, 0.2) is 24.3 Å². The first kappa shape index (κ1) is 20.1. The molecule has 1 aromatic rings. The maximum atomic E-state index is 10.2. The van der Waals surface area contributed by atoms with Crippen LogP contribution in [0.5, 0.6) is 11.5 Å². The molecule has 0 heterocycles. The fourth-order valence-electron chi connectivity index (χ4n) is 0.922. The van der Waals surface area contributed by atoms with Gasteiger partial charge < -0.3 is 19.7 Å². The van der Waals surface area contributed by atoms with Crippen LogP contribution in [0, 0.1) is 0 Å². The molecule has 6 nitrogen and oxygen atoms in total. The van der Waals surface area contributed by atoms with Gasteiger partial charge in [0.25, 0.3) is 0 Å². The Hall–Kier alpha value is -0.240. The number of aliphatic carboxylic acids is 2. The van der Waals surface area contributed by atoms with Crippen molar-refractivity contribution >= 4 is 71.1 Å². The molecule has 0 saturated carbocycles. The Labute approximate surface area is 148 Å². The number of carboxylic acid groups (broad SMARTS) is 2. The van der Waals surface area contributed by atoms with Crippen LogP contribution in [-0.4, -0.2) is 94.5 Å². The molecule has 0 bridgehead atoms. The van der Waals surface area contributed by atoms with Gasteiger partial charge in [-0.2, -0.15) is 0 Å². The average molecular weight is 272 g/mol. The first-order valence-electron chi connectivity index (χ1n) is 4.37. The van der Waals surface area contributed by atoms with Crippen molar-refractivity contribution in [3.63, 3.8) is 0 Å². The minimum absolute atomic E-state index is 0. The van der Waals surface area contributed by atoms with Gasteiger partial charge in [-0.3, -0.25) is 0 Å². The van der Waals surface area contributed by atoms with Crippen molar-refractivity contribution in [2.24, 2.45) is 0 Å². The normalized spacial score (nSPS) is 8.44. The van der Waals surface area contributed by atoms with Crippen LogP contribution >= 0.6 is 0 Å². The summed E-state index contributed by atoms with van der Waals surface area (Å²) in [4.78, 5) is 20.4. The monoisotopic (exact) mass is 272 g/mol. The Morgan fingerprint density at radius 3 is 1.33 bits per heavy atom. The van der Waals surface area contributed by atoms with Crippen LogP contribution in [0.1, 0.15) is 0 Å². The number of rotatable bonds is 6. The quantitative estimate of drug-likeness (QED) is 0.700. The molecule has 0 amide bonds. The molecular formula is C10H10Na2O6. The van der Waals surface area contributed by atoms with E-state index in [1.54, 1.807) is 0 Å². The second-order valence-electron chi connectivity index (χ2n) is 2.84. The van der Waals surface area contributed by atoms with Crippen molar-refractivity contribution in [2.75, 3.05) is 13.2 Å². The van der Waals surface area contributed by atoms with Crippen LogP contribution < -0.4 is 9.47 Å². The smallest absolute Gasteiger partial charge is 0.341 e. The summed E-state index contributed by atoms with van der Waals surface area (Å²) in [6, 6.07) is 6.00. The molecule has 0 atom stereocenters. The molecule has 0 aliphatic rings. The van der Waals surface area contributed by atoms with E-state index in [0.29, 0.717) is 11.5 Å². The number of benzene rings is 1. The van der Waals surface area contributed by atoms with Crippen molar-refractivity contribution in [1.82, 2.24) is 0 Å². The molecule has 2 N–H and O–H groups in total. The van der Waals surface area contributed by atoms with Crippen molar-refractivity contribution in [3.05, 3.63) is 24.3 Å². The van der Waals surface area contributed by atoms with Gasteiger partial charge in [-0.15, -0.1) is 0 Å². The average Bonchev–Trinajstić information content (AvgIpc) is 2.25. The van der Waals surface area contributed by atoms with Crippen LogP contribution in [0.4, 0.5) is 0 Å². The fraction of sp³-hybridized carbons (Fsp3) is 0.200. The molecule has 88 valence electrons. The molecule has 0 aliphatic carbocycles. The Bertz CT molecular complexity index is 341. The number of hydrogen-bond acceptors (Lipinski definition) is 4. The standard InChI is InChI=1S/C10H10O6.2Na/c11-9(12)5-15-7-1-2-8(4-3-7)16-6-10(13)14;;/h1-4H,5-6H2,(H,11,12)(H,13,14);;. The zero-order valence-corrected chi connectivity index (χ0v) is 14.3. The summed E-state index contributed by atoms with van der Waals surface area (Å²) in [5.74, 6) is -1.37. The van der Waals surface area contributed by atoms with Crippen molar-refractivity contribution in [3.8, 4) is 11.5 Å². The minimum atomic E-state index is -1.06. The van der Waals surface area contributed by atoms with Gasteiger partial charge >= 0.3 is 11.9 Å². The van der Waals surface area contributed by atoms with E-state index in [-0.39, 0.29) is 59.1 Å². The molecule has 0 unspecified atom stereocenters. The molecule has 0 spiro atoms. The summed E-state index contributed by atoms with van der Waals surface area (Å²) in [5, 5.41) is 16.7. The number of carboxylic acids is 2. The second kappa shape index (κ2) is 10.7. The Kier molecular flexibility index (Phi) is 11.9. The molecule has 1 aromatic carbocycles. The zero-order chi connectivity index (χ0) is 12.0. The van der Waals surface area contributed by atoms with E-state index in [2.05, 4.69) is 0 Å². The van der Waals surface area contributed by atoms with Crippen LogP contribution in [0.3, 0.4) is 0 Å². The van der Waals surface area contributed by atoms with E-state index >= 15 is 0 Å². The van der Waals surface area contributed by atoms with Gasteiger partial charge in [0.15, 0.2) is 13.2 Å². The number of carbonyl (C=O) groups is 2. The third-order valence-corrected chi connectivity index (χ3v) is 1.55. The number of hydrogen-bond donors (Lipinski definition) is 2. The van der Waals surface area contributed by atoms with Gasteiger partial charge in [-0.25, -0.2) is 9.59 Å². The Morgan fingerprint density at radius 1 is 0.833 bits per heavy atom. The predicted octanol–water partition coefficient (Wildman–Crippen LogP) is -0.148. The largest absolute Gasteiger partial charge is 0.482 e. The molecule has 2 radical (unpaired) electrons. The molecule has 1 rings (SSSR count). The van der Waals surface area contributed by atoms with E-state index in [9.17, 15) is 9.59 Å². The SMILES string of the molecule is O=C(O)COc1ccc(OCC(=O)O)cc1.[Na].[Na]. The van der Waals surface area contributed by atoms with Crippen molar-refractivity contribution in [1.29, 1.82) is 0 Å². The van der Waals surface area contributed by atoms with Crippen molar-refractivity contribution < 1.29 is 29.3 Å². The first-order chi connectivity index (χ1) is 7.58. The van der Waals surface area contributed by atoms with Crippen LogP contribution in [0.25, 0.3) is 0 Å². The Balaban J connectivity index is 0. The first-order valence-corrected chi connectivity index (χ1v) is 4.37. The maximum absolute atomic E-state index is 10.2. The third kappa shape index (κ3) is 8.79. The molecule has 0 fully saturated rings. The van der Waals surface area contributed by atoms with Gasteiger partial charge in [0.1, 0.15) is 11.5 Å². The summed E-state index contributed by atoms with van der Waals surface area (Å²) in [7, 11) is 0. The van der Waals surface area contributed by atoms with Crippen LogP contribution in [-0.2, 0) is 9.59 Å². The van der Waals surface area contributed by atoms with Gasteiger partial charge in [-0.1, -0.05) is 0 Å². The molecule has 8 heteroatoms. The summed E-state index contributed by atoms with van der Waals surface area (Å²) in [6.07, 6.45) is 0. The predicted molar refractivity (Wildman–Crippen MR) is 64.2 cm³/mol. The van der Waals surface area contributed by atoms with Crippen LogP contribution in [0.2, 0.25) is 0 Å². The zero-order valence-electron chi connectivity index (χ0n) is 10.3. The summed E-state index contributed by atoms with van der Waals surface area (Å²) in [5.41, 5.74) is 0. The third-order valence-electron chi connectivity index (χ3n) is 1.55. The molecule has 0 aliphatic heterocycles. The minimum Gasteiger partial charge on any atom is -0.482 e. The van der Waals surface area contributed by atoms with Gasteiger partial charge in [0.05, 0.1) is 0 Å². The van der Waals surface area contributed by atoms with Crippen molar-refractivity contribution in [2.45, 2.75) is 0 Å². The number of ether oxygens (including phenoxy) is 2. The van der Waals surface area contributed by atoms with E-state index in [0.717, 1.165) is 0 Å². The summed E-state index contributed by atoms with van der Waals surface area (Å²) in [6.45, 7) is -0.843. The summed E-state index contributed by atoms with van der Waals surface area (Å²) < 4.78 is 9.75.